The molecular weight excluding hydrogens is 260 g/mol. The lowest BCUT2D eigenvalue weighted by molar-refractivity contribution is 0.0934. The fourth-order valence-electron chi connectivity index (χ4n) is 3.63. The second-order valence-corrected chi connectivity index (χ2v) is 9.27. The summed E-state index contributed by atoms with van der Waals surface area (Å²) in [5.41, 5.74) is 0.410. The molecule has 0 aromatic rings. The molecule has 19 heavy (non-hydrogen) atoms. The molecule has 1 aliphatic carbocycles. The largest absolute Gasteiger partial charge is 0.316 e. The molecule has 0 amide bonds. The Hall–Kier alpha value is -0.130. The van der Waals surface area contributed by atoms with Crippen LogP contribution in [0.2, 0.25) is 0 Å². The maximum Gasteiger partial charge on any atom is 0.213 e. The van der Waals surface area contributed by atoms with E-state index in [1.54, 1.807) is 0 Å². The fourth-order valence-corrected chi connectivity index (χ4v) is 4.83. The smallest absolute Gasteiger partial charge is 0.213 e. The van der Waals surface area contributed by atoms with Crippen LogP contribution in [0.4, 0.5) is 0 Å². The summed E-state index contributed by atoms with van der Waals surface area (Å²) >= 11 is 0. The van der Waals surface area contributed by atoms with Gasteiger partial charge in [0.15, 0.2) is 0 Å². The highest BCUT2D eigenvalue weighted by Crippen LogP contribution is 2.45. The van der Waals surface area contributed by atoms with Crippen LogP contribution in [0.25, 0.3) is 0 Å². The second-order valence-electron chi connectivity index (χ2n) is 7.40. The quantitative estimate of drug-likeness (QED) is 0.737. The van der Waals surface area contributed by atoms with Gasteiger partial charge in [0.25, 0.3) is 0 Å². The molecule has 5 heteroatoms. The van der Waals surface area contributed by atoms with Crippen LogP contribution in [-0.2, 0) is 10.0 Å². The van der Waals surface area contributed by atoms with Crippen LogP contribution in [0.1, 0.15) is 53.9 Å². The summed E-state index contributed by atoms with van der Waals surface area (Å²) in [6.45, 7) is 12.2. The molecule has 4 nitrogen and oxygen atoms in total. The third-order valence-electron chi connectivity index (χ3n) is 3.70. The first-order valence-corrected chi connectivity index (χ1v) is 8.91. The third-order valence-corrected chi connectivity index (χ3v) is 5.13. The zero-order valence-corrected chi connectivity index (χ0v) is 13.9. The van der Waals surface area contributed by atoms with Gasteiger partial charge in [-0.2, -0.15) is 0 Å². The summed E-state index contributed by atoms with van der Waals surface area (Å²) in [6.07, 6.45) is 3.00. The molecule has 0 bridgehead atoms. The van der Waals surface area contributed by atoms with Crippen molar-refractivity contribution in [1.29, 1.82) is 0 Å². The number of nitrogens with one attached hydrogen (secondary N) is 2. The summed E-state index contributed by atoms with van der Waals surface area (Å²) in [4.78, 5) is 0. The first-order valence-electron chi connectivity index (χ1n) is 7.26. The molecule has 114 valence electrons. The standard InChI is InChI=1S/C14H30N2O2S/c1-6-15-7-8-19(17,18)16-12-9-13(2,3)11-14(4,5)10-12/h12,15-16H,6-11H2,1-5H3. The van der Waals surface area contributed by atoms with Crippen molar-refractivity contribution in [3.63, 3.8) is 0 Å². The van der Waals surface area contributed by atoms with Crippen molar-refractivity contribution >= 4 is 10.0 Å². The van der Waals surface area contributed by atoms with Crippen LogP contribution >= 0.6 is 0 Å². The Morgan fingerprint density at radius 3 is 2.11 bits per heavy atom. The molecule has 1 fully saturated rings. The summed E-state index contributed by atoms with van der Waals surface area (Å²) < 4.78 is 27.0. The normalized spacial score (nSPS) is 23.4. The summed E-state index contributed by atoms with van der Waals surface area (Å²) in [5, 5.41) is 3.05. The average Bonchev–Trinajstić information content (AvgIpc) is 2.10. The van der Waals surface area contributed by atoms with Crippen molar-refractivity contribution in [3.8, 4) is 0 Å². The minimum atomic E-state index is -3.17. The minimum absolute atomic E-state index is 0.0744. The molecule has 2 N–H and O–H groups in total. The molecule has 0 saturated heterocycles. The van der Waals surface area contributed by atoms with Gasteiger partial charge in [0, 0.05) is 12.6 Å². The maximum absolute atomic E-state index is 12.0. The van der Waals surface area contributed by atoms with Gasteiger partial charge >= 0.3 is 0 Å². The third kappa shape index (κ3) is 6.23. The van der Waals surface area contributed by atoms with Crippen molar-refractivity contribution in [2.45, 2.75) is 59.9 Å². The Morgan fingerprint density at radius 1 is 1.11 bits per heavy atom. The van der Waals surface area contributed by atoms with Crippen LogP contribution in [0.15, 0.2) is 0 Å². The van der Waals surface area contributed by atoms with Crippen molar-refractivity contribution in [2.24, 2.45) is 10.8 Å². The zero-order valence-electron chi connectivity index (χ0n) is 13.0. The van der Waals surface area contributed by atoms with E-state index in [1.165, 1.54) is 0 Å². The van der Waals surface area contributed by atoms with Gasteiger partial charge in [-0.3, -0.25) is 0 Å². The number of hydrogen-bond acceptors (Lipinski definition) is 3. The van der Waals surface area contributed by atoms with Crippen LogP contribution in [-0.4, -0.2) is 33.3 Å². The molecule has 0 atom stereocenters. The van der Waals surface area contributed by atoms with Gasteiger partial charge in [0.2, 0.25) is 10.0 Å². The molecule has 0 unspecified atom stereocenters. The number of hydrogen-bond donors (Lipinski definition) is 2. The number of rotatable bonds is 6. The van der Waals surface area contributed by atoms with E-state index in [0.717, 1.165) is 25.8 Å². The Kier molecular flexibility index (Phi) is 5.43. The zero-order chi connectivity index (χ0) is 14.7. The van der Waals surface area contributed by atoms with Gasteiger partial charge in [-0.05, 0) is 36.6 Å². The molecule has 0 spiro atoms. The van der Waals surface area contributed by atoms with Crippen LogP contribution < -0.4 is 10.0 Å². The van der Waals surface area contributed by atoms with Gasteiger partial charge in [0.05, 0.1) is 5.75 Å². The molecule has 0 aromatic heterocycles. The topological polar surface area (TPSA) is 58.2 Å². The van der Waals surface area contributed by atoms with Gasteiger partial charge in [0.1, 0.15) is 0 Å². The predicted molar refractivity (Wildman–Crippen MR) is 80.7 cm³/mol. The lowest BCUT2D eigenvalue weighted by Gasteiger charge is -2.45. The van der Waals surface area contributed by atoms with Crippen molar-refractivity contribution in [1.82, 2.24) is 10.0 Å². The van der Waals surface area contributed by atoms with Crippen LogP contribution in [0.3, 0.4) is 0 Å². The summed E-state index contributed by atoms with van der Waals surface area (Å²) in [7, 11) is -3.17. The average molecular weight is 290 g/mol. The predicted octanol–water partition coefficient (Wildman–Crippen LogP) is 2.12. The minimum Gasteiger partial charge on any atom is -0.316 e. The SMILES string of the molecule is CCNCCS(=O)(=O)NC1CC(C)(C)CC(C)(C)C1. The lowest BCUT2D eigenvalue weighted by atomic mass is 9.64. The molecule has 1 saturated carbocycles. The first-order chi connectivity index (χ1) is 8.55. The second kappa shape index (κ2) is 6.10. The highest BCUT2D eigenvalue weighted by atomic mass is 32.2. The number of sulfonamides is 1. The highest BCUT2D eigenvalue weighted by Gasteiger charge is 2.39. The van der Waals surface area contributed by atoms with Gasteiger partial charge < -0.3 is 5.32 Å². The van der Waals surface area contributed by atoms with E-state index in [1.807, 2.05) is 6.92 Å². The van der Waals surface area contributed by atoms with Gasteiger partial charge in [-0.15, -0.1) is 0 Å². The van der Waals surface area contributed by atoms with E-state index < -0.39 is 10.0 Å². The molecular formula is C14H30N2O2S. The van der Waals surface area contributed by atoms with E-state index in [0.29, 0.717) is 6.54 Å². The van der Waals surface area contributed by atoms with Crippen LogP contribution in [0, 0.1) is 10.8 Å². The Labute approximate surface area is 118 Å². The van der Waals surface area contributed by atoms with Crippen molar-refractivity contribution < 1.29 is 8.42 Å². The molecule has 0 heterocycles. The molecule has 1 aliphatic rings. The first kappa shape index (κ1) is 16.9. The summed E-state index contributed by atoms with van der Waals surface area (Å²) in [6, 6.07) is 0.0744. The fraction of sp³-hybridized carbons (Fsp3) is 1.00. The van der Waals surface area contributed by atoms with Crippen LogP contribution in [0.5, 0.6) is 0 Å². The molecule has 0 aliphatic heterocycles. The van der Waals surface area contributed by atoms with E-state index in [4.69, 9.17) is 0 Å². The van der Waals surface area contributed by atoms with E-state index >= 15 is 0 Å². The Balaban J connectivity index is 2.60. The highest BCUT2D eigenvalue weighted by molar-refractivity contribution is 7.89. The summed E-state index contributed by atoms with van der Waals surface area (Å²) in [5.74, 6) is 0.165. The Bertz CT molecular complexity index is 372. The molecule has 0 radical (unpaired) electrons. The maximum atomic E-state index is 12.0. The Morgan fingerprint density at radius 2 is 1.63 bits per heavy atom. The molecule has 0 aromatic carbocycles. The van der Waals surface area contributed by atoms with Crippen molar-refractivity contribution in [3.05, 3.63) is 0 Å². The lowest BCUT2D eigenvalue weighted by Crippen LogP contribution is -2.47. The van der Waals surface area contributed by atoms with E-state index in [2.05, 4.69) is 37.7 Å². The van der Waals surface area contributed by atoms with Gasteiger partial charge in [-0.1, -0.05) is 34.6 Å². The van der Waals surface area contributed by atoms with E-state index in [-0.39, 0.29) is 22.6 Å². The monoisotopic (exact) mass is 290 g/mol. The van der Waals surface area contributed by atoms with E-state index in [9.17, 15) is 8.42 Å². The molecule has 1 rings (SSSR count). The van der Waals surface area contributed by atoms with Crippen molar-refractivity contribution in [2.75, 3.05) is 18.8 Å². The van der Waals surface area contributed by atoms with Gasteiger partial charge in [-0.25, -0.2) is 13.1 Å².